The standard InChI is InChI=1S/C12H25N3OS/c1-3-15-7-4-10(5-8-15)14-12(16)11(13)6-9-17-2/h10-11H,3-9,13H2,1-2H3,(H,14,16)/t11-/m0/s1. The van der Waals surface area contributed by atoms with Crippen LogP contribution in [0.3, 0.4) is 0 Å². The molecule has 0 bridgehead atoms. The smallest absolute Gasteiger partial charge is 0.237 e. The van der Waals surface area contributed by atoms with Crippen LogP contribution in [0.15, 0.2) is 0 Å². The van der Waals surface area contributed by atoms with Gasteiger partial charge >= 0.3 is 0 Å². The predicted octanol–water partition coefficient (Wildman–Crippen LogP) is 0.667. The van der Waals surface area contributed by atoms with Gasteiger partial charge in [0.2, 0.25) is 5.91 Å². The van der Waals surface area contributed by atoms with Crippen molar-refractivity contribution in [2.24, 2.45) is 5.73 Å². The molecule has 0 aliphatic carbocycles. The molecule has 0 unspecified atom stereocenters. The molecule has 0 aromatic carbocycles. The molecule has 1 fully saturated rings. The highest BCUT2D eigenvalue weighted by Crippen LogP contribution is 2.10. The minimum Gasteiger partial charge on any atom is -0.352 e. The van der Waals surface area contributed by atoms with Crippen molar-refractivity contribution in [1.29, 1.82) is 0 Å². The number of amides is 1. The lowest BCUT2D eigenvalue weighted by Crippen LogP contribution is -2.49. The minimum absolute atomic E-state index is 0.0222. The zero-order valence-electron chi connectivity index (χ0n) is 10.9. The van der Waals surface area contributed by atoms with E-state index in [0.717, 1.165) is 44.6 Å². The summed E-state index contributed by atoms with van der Waals surface area (Å²) in [4.78, 5) is 14.2. The zero-order valence-corrected chi connectivity index (χ0v) is 11.8. The molecule has 1 aliphatic rings. The Balaban J connectivity index is 2.22. The van der Waals surface area contributed by atoms with Crippen LogP contribution in [-0.2, 0) is 4.79 Å². The van der Waals surface area contributed by atoms with Gasteiger partial charge in [-0.25, -0.2) is 0 Å². The van der Waals surface area contributed by atoms with Gasteiger partial charge in [0, 0.05) is 19.1 Å². The monoisotopic (exact) mass is 259 g/mol. The van der Waals surface area contributed by atoms with E-state index in [4.69, 9.17) is 5.73 Å². The molecule has 1 saturated heterocycles. The lowest BCUT2D eigenvalue weighted by atomic mass is 10.0. The number of nitrogens with zero attached hydrogens (tertiary/aromatic N) is 1. The van der Waals surface area contributed by atoms with Crippen molar-refractivity contribution in [3.8, 4) is 0 Å². The molecule has 3 N–H and O–H groups in total. The van der Waals surface area contributed by atoms with E-state index in [-0.39, 0.29) is 11.9 Å². The first-order valence-electron chi connectivity index (χ1n) is 6.44. The summed E-state index contributed by atoms with van der Waals surface area (Å²) in [7, 11) is 0. The number of hydrogen-bond donors (Lipinski definition) is 2. The van der Waals surface area contributed by atoms with Crippen LogP contribution in [0, 0.1) is 0 Å². The van der Waals surface area contributed by atoms with E-state index in [1.807, 2.05) is 6.26 Å². The third-order valence-corrected chi connectivity index (χ3v) is 3.99. The summed E-state index contributed by atoms with van der Waals surface area (Å²) in [5, 5.41) is 3.07. The van der Waals surface area contributed by atoms with Crippen molar-refractivity contribution < 1.29 is 4.79 Å². The molecular formula is C12H25N3OS. The van der Waals surface area contributed by atoms with Gasteiger partial charge in [0.25, 0.3) is 0 Å². The first-order valence-corrected chi connectivity index (χ1v) is 7.84. The first kappa shape index (κ1) is 14.8. The van der Waals surface area contributed by atoms with Gasteiger partial charge < -0.3 is 16.0 Å². The molecule has 1 atom stereocenters. The molecule has 0 radical (unpaired) electrons. The van der Waals surface area contributed by atoms with Crippen molar-refractivity contribution in [1.82, 2.24) is 10.2 Å². The summed E-state index contributed by atoms with van der Waals surface area (Å²) >= 11 is 1.73. The van der Waals surface area contributed by atoms with Gasteiger partial charge in [0.05, 0.1) is 6.04 Å². The van der Waals surface area contributed by atoms with Gasteiger partial charge in [-0.05, 0) is 37.8 Å². The predicted molar refractivity (Wildman–Crippen MR) is 74.3 cm³/mol. The molecule has 0 aromatic heterocycles. The summed E-state index contributed by atoms with van der Waals surface area (Å²) in [6.45, 7) is 5.45. The second kappa shape index (κ2) is 7.95. The number of nitrogens with two attached hydrogens (primary N) is 1. The van der Waals surface area contributed by atoms with E-state index in [2.05, 4.69) is 17.1 Å². The van der Waals surface area contributed by atoms with Crippen LogP contribution in [0.25, 0.3) is 0 Å². The van der Waals surface area contributed by atoms with Crippen molar-refractivity contribution in [3.05, 3.63) is 0 Å². The van der Waals surface area contributed by atoms with Gasteiger partial charge in [-0.1, -0.05) is 6.92 Å². The van der Waals surface area contributed by atoms with E-state index >= 15 is 0 Å². The number of thioether (sulfide) groups is 1. The van der Waals surface area contributed by atoms with E-state index in [1.165, 1.54) is 0 Å². The molecule has 1 amide bonds. The highest BCUT2D eigenvalue weighted by molar-refractivity contribution is 7.98. The largest absolute Gasteiger partial charge is 0.352 e. The summed E-state index contributed by atoms with van der Waals surface area (Å²) in [6.07, 6.45) is 4.90. The van der Waals surface area contributed by atoms with Crippen LogP contribution < -0.4 is 11.1 Å². The van der Waals surface area contributed by atoms with Crippen molar-refractivity contribution in [2.75, 3.05) is 31.6 Å². The van der Waals surface area contributed by atoms with Crippen LogP contribution >= 0.6 is 11.8 Å². The molecule has 0 aromatic rings. The second-order valence-corrected chi connectivity index (χ2v) is 5.59. The maximum atomic E-state index is 11.8. The quantitative estimate of drug-likeness (QED) is 0.736. The third-order valence-electron chi connectivity index (χ3n) is 3.35. The van der Waals surface area contributed by atoms with E-state index in [9.17, 15) is 4.79 Å². The average molecular weight is 259 g/mol. The molecule has 0 saturated carbocycles. The van der Waals surface area contributed by atoms with Crippen LogP contribution in [-0.4, -0.2) is 54.5 Å². The van der Waals surface area contributed by atoms with Crippen molar-refractivity contribution >= 4 is 17.7 Å². The van der Waals surface area contributed by atoms with Gasteiger partial charge in [0.15, 0.2) is 0 Å². The Morgan fingerprint density at radius 3 is 2.71 bits per heavy atom. The molecule has 4 nitrogen and oxygen atoms in total. The Morgan fingerprint density at radius 1 is 1.53 bits per heavy atom. The van der Waals surface area contributed by atoms with Crippen molar-refractivity contribution in [2.45, 2.75) is 38.3 Å². The molecule has 1 aliphatic heterocycles. The lowest BCUT2D eigenvalue weighted by Gasteiger charge is -2.32. The normalized spacial score (nSPS) is 20.2. The fourth-order valence-corrected chi connectivity index (χ4v) is 2.57. The molecular weight excluding hydrogens is 234 g/mol. The van der Waals surface area contributed by atoms with Crippen LogP contribution in [0.4, 0.5) is 0 Å². The first-order chi connectivity index (χ1) is 8.17. The summed E-state index contributed by atoms with van der Waals surface area (Å²) in [5.41, 5.74) is 5.84. The van der Waals surface area contributed by atoms with E-state index < -0.39 is 0 Å². The highest BCUT2D eigenvalue weighted by Gasteiger charge is 2.21. The number of carbonyl (C=O) groups is 1. The maximum absolute atomic E-state index is 11.8. The third kappa shape index (κ3) is 5.27. The Morgan fingerprint density at radius 2 is 2.18 bits per heavy atom. The Hall–Kier alpha value is -0.260. The number of likely N-dealkylation sites (tertiary alicyclic amines) is 1. The molecule has 5 heteroatoms. The van der Waals surface area contributed by atoms with Crippen LogP contribution in [0.2, 0.25) is 0 Å². The lowest BCUT2D eigenvalue weighted by molar-refractivity contribution is -0.123. The van der Waals surface area contributed by atoms with Gasteiger partial charge in [-0.2, -0.15) is 11.8 Å². The van der Waals surface area contributed by atoms with Crippen LogP contribution in [0.1, 0.15) is 26.2 Å². The molecule has 1 heterocycles. The van der Waals surface area contributed by atoms with E-state index in [1.54, 1.807) is 11.8 Å². The summed E-state index contributed by atoms with van der Waals surface area (Å²) in [5.74, 6) is 0.970. The average Bonchev–Trinajstić information content (AvgIpc) is 2.36. The zero-order chi connectivity index (χ0) is 12.7. The molecule has 0 spiro atoms. The highest BCUT2D eigenvalue weighted by atomic mass is 32.2. The Bertz CT molecular complexity index is 230. The minimum atomic E-state index is -0.341. The molecule has 17 heavy (non-hydrogen) atoms. The fourth-order valence-electron chi connectivity index (χ4n) is 2.08. The second-order valence-electron chi connectivity index (χ2n) is 4.61. The number of piperidine rings is 1. The molecule has 1 rings (SSSR count). The number of hydrogen-bond acceptors (Lipinski definition) is 4. The van der Waals surface area contributed by atoms with Crippen molar-refractivity contribution in [3.63, 3.8) is 0 Å². The maximum Gasteiger partial charge on any atom is 0.237 e. The molecule has 100 valence electrons. The van der Waals surface area contributed by atoms with E-state index in [0.29, 0.717) is 6.04 Å². The Labute approximate surface area is 109 Å². The number of rotatable bonds is 6. The Kier molecular flexibility index (Phi) is 6.92. The summed E-state index contributed by atoms with van der Waals surface area (Å²) < 4.78 is 0. The SMILES string of the molecule is CCN1CCC(NC(=O)[C@@H](N)CCSC)CC1. The number of nitrogens with one attached hydrogen (secondary N) is 1. The summed E-state index contributed by atoms with van der Waals surface area (Å²) in [6, 6.07) is -0.0164. The van der Waals surface area contributed by atoms with Gasteiger partial charge in [-0.3, -0.25) is 4.79 Å². The van der Waals surface area contributed by atoms with Crippen LogP contribution in [0.5, 0.6) is 0 Å². The van der Waals surface area contributed by atoms with Gasteiger partial charge in [-0.15, -0.1) is 0 Å². The topological polar surface area (TPSA) is 58.4 Å². The van der Waals surface area contributed by atoms with Gasteiger partial charge in [0.1, 0.15) is 0 Å². The fraction of sp³-hybridized carbons (Fsp3) is 0.917. The number of carbonyl (C=O) groups excluding carboxylic acids is 1.